The molecule has 1 aromatic rings. The van der Waals surface area contributed by atoms with Crippen molar-refractivity contribution in [3.8, 4) is 5.75 Å². The van der Waals surface area contributed by atoms with Gasteiger partial charge in [0.25, 0.3) is 0 Å². The minimum Gasteiger partial charge on any atom is -0.497 e. The van der Waals surface area contributed by atoms with Gasteiger partial charge in [0.05, 0.1) is 7.11 Å². The second-order valence-corrected chi connectivity index (χ2v) is 11.8. The summed E-state index contributed by atoms with van der Waals surface area (Å²) in [5.41, 5.74) is 0.0442. The Morgan fingerprint density at radius 3 is 1.62 bits per heavy atom. The average Bonchev–Trinajstić information content (AvgIpc) is 3.03. The third kappa shape index (κ3) is 10.8. The van der Waals surface area contributed by atoms with Crippen LogP contribution in [0, 0.1) is 0 Å². The summed E-state index contributed by atoms with van der Waals surface area (Å²) in [6, 6.07) is 4.17. The summed E-state index contributed by atoms with van der Waals surface area (Å²) in [6.07, 6.45) is -13.0. The highest BCUT2D eigenvalue weighted by Crippen LogP contribution is 2.41. The summed E-state index contributed by atoms with van der Waals surface area (Å²) in [5, 5.41) is 14.8. The summed E-state index contributed by atoms with van der Waals surface area (Å²) in [5.74, 6) is -7.97. The maximum absolute atomic E-state index is 12.6. The average molecular weight is 742 g/mol. The van der Waals surface area contributed by atoms with Gasteiger partial charge in [0.15, 0.2) is 30.7 Å². The van der Waals surface area contributed by atoms with Gasteiger partial charge in [-0.1, -0.05) is 0 Å². The Morgan fingerprint density at radius 2 is 1.13 bits per heavy atom. The van der Waals surface area contributed by atoms with E-state index in [1.165, 1.54) is 31.4 Å². The number of carbonyl (C=O) groups is 7. The van der Waals surface area contributed by atoms with Gasteiger partial charge >= 0.3 is 35.8 Å². The van der Waals surface area contributed by atoms with E-state index in [1.807, 2.05) is 0 Å². The molecule has 3 rings (SSSR count). The zero-order chi connectivity index (χ0) is 38.9. The summed E-state index contributed by atoms with van der Waals surface area (Å²) >= 11 is 0. The van der Waals surface area contributed by atoms with Crippen LogP contribution in [-0.2, 0) is 82.0 Å². The Kier molecular flexibility index (Phi) is 14.4. The largest absolute Gasteiger partial charge is 0.497 e. The first-order valence-electron chi connectivity index (χ1n) is 15.9. The fourth-order valence-electron chi connectivity index (χ4n) is 5.74. The van der Waals surface area contributed by atoms with E-state index in [0.717, 1.165) is 48.5 Å². The molecule has 0 unspecified atom stereocenters. The van der Waals surface area contributed by atoms with Crippen molar-refractivity contribution in [1.82, 2.24) is 5.32 Å². The van der Waals surface area contributed by atoms with Crippen LogP contribution in [0.4, 0.5) is 0 Å². The standard InChI is InChI=1S/C33H43NO18/c1-15(35)34-31-29(48-20(6)40)27(25(14-45-17(3)37)52-33(31,42)22-9-11-23(43-8)12-10-22)51-32-30(49-21(7)41)28(47-19(5)39)26(46-18(4)38)24(50-32)13-44-16(2)36/h9-12,24-32,42H,13-14H2,1-8H3,(H,34,35)/t24-,25-,26+,27-,28+,29+,30-,31-,32+,33-/m1/s1. The summed E-state index contributed by atoms with van der Waals surface area (Å²) < 4.78 is 56.2. The highest BCUT2D eigenvalue weighted by Gasteiger charge is 2.61. The van der Waals surface area contributed by atoms with E-state index in [9.17, 15) is 38.7 Å². The Morgan fingerprint density at radius 1 is 0.654 bits per heavy atom. The van der Waals surface area contributed by atoms with Gasteiger partial charge in [0, 0.05) is 54.0 Å². The van der Waals surface area contributed by atoms with Gasteiger partial charge < -0.3 is 57.8 Å². The molecule has 0 radical (unpaired) electrons. The van der Waals surface area contributed by atoms with Crippen LogP contribution in [0.2, 0.25) is 0 Å². The first-order valence-corrected chi connectivity index (χ1v) is 15.9. The van der Waals surface area contributed by atoms with Crippen LogP contribution in [0.3, 0.4) is 0 Å². The number of rotatable bonds is 13. The number of nitrogens with one attached hydrogen (secondary N) is 1. The lowest BCUT2D eigenvalue weighted by Crippen LogP contribution is -2.71. The normalized spacial score (nSPS) is 29.8. The molecule has 0 bridgehead atoms. The molecular weight excluding hydrogens is 698 g/mol. The van der Waals surface area contributed by atoms with Crippen LogP contribution >= 0.6 is 0 Å². The molecular formula is C33H43NO18. The van der Waals surface area contributed by atoms with Gasteiger partial charge in [-0.25, -0.2) is 0 Å². The minimum atomic E-state index is -2.50. The highest BCUT2D eigenvalue weighted by atomic mass is 16.8. The monoisotopic (exact) mass is 741 g/mol. The van der Waals surface area contributed by atoms with Crippen LogP contribution in [0.25, 0.3) is 0 Å². The molecule has 0 aromatic heterocycles. The SMILES string of the molecule is COc1ccc([C@@]2(O)O[C@H](COC(C)=O)[C@@H](O[C@@H]3O[C@H](COC(C)=O)[C@H](OC(C)=O)[C@H](OC(C)=O)[C@H]3OC(C)=O)[C@H](OC(C)=O)[C@H]2NC(C)=O)cc1. The molecule has 0 spiro atoms. The van der Waals surface area contributed by atoms with Crippen molar-refractivity contribution in [1.29, 1.82) is 0 Å². The number of carbonyl (C=O) groups excluding carboxylic acids is 7. The van der Waals surface area contributed by atoms with Crippen molar-refractivity contribution in [3.05, 3.63) is 29.8 Å². The molecule has 2 saturated heterocycles. The molecule has 52 heavy (non-hydrogen) atoms. The van der Waals surface area contributed by atoms with Gasteiger partial charge in [0.1, 0.15) is 43.3 Å². The molecule has 2 aliphatic heterocycles. The first kappa shape index (κ1) is 41.6. The first-order chi connectivity index (χ1) is 24.4. The van der Waals surface area contributed by atoms with Crippen molar-refractivity contribution in [2.45, 2.75) is 109 Å². The maximum Gasteiger partial charge on any atom is 0.303 e. The van der Waals surface area contributed by atoms with E-state index in [0.29, 0.717) is 5.75 Å². The number of esters is 6. The third-order valence-corrected chi connectivity index (χ3v) is 7.63. The second kappa shape index (κ2) is 18.1. The third-order valence-electron chi connectivity index (χ3n) is 7.63. The van der Waals surface area contributed by atoms with Crippen LogP contribution in [0.5, 0.6) is 5.75 Å². The number of ether oxygens (including phenoxy) is 10. The molecule has 2 N–H and O–H groups in total. The summed E-state index contributed by atoms with van der Waals surface area (Å²) in [6.45, 7) is 6.22. The number of hydrogen-bond donors (Lipinski definition) is 2. The fraction of sp³-hybridized carbons (Fsp3) is 0.606. The quantitative estimate of drug-likeness (QED) is 0.195. The van der Waals surface area contributed by atoms with Gasteiger partial charge in [-0.05, 0) is 24.3 Å². The number of aliphatic hydroxyl groups is 1. The molecule has 2 fully saturated rings. The predicted octanol–water partition coefficient (Wildman–Crippen LogP) is -0.293. The number of amides is 1. The van der Waals surface area contributed by atoms with E-state index in [2.05, 4.69) is 5.32 Å². The number of benzene rings is 1. The molecule has 2 heterocycles. The Labute approximate surface area is 298 Å². The zero-order valence-electron chi connectivity index (χ0n) is 29.8. The maximum atomic E-state index is 12.6. The number of hydrogen-bond acceptors (Lipinski definition) is 18. The Bertz CT molecular complexity index is 1480. The lowest BCUT2D eigenvalue weighted by atomic mass is 9.85. The molecule has 0 aliphatic carbocycles. The molecule has 10 atom stereocenters. The van der Waals surface area contributed by atoms with Gasteiger partial charge in [0.2, 0.25) is 11.7 Å². The van der Waals surface area contributed by atoms with Crippen molar-refractivity contribution >= 4 is 41.7 Å². The van der Waals surface area contributed by atoms with E-state index in [4.69, 9.17) is 47.4 Å². The van der Waals surface area contributed by atoms with E-state index in [1.54, 1.807) is 0 Å². The molecule has 1 amide bonds. The molecule has 0 saturated carbocycles. The van der Waals surface area contributed by atoms with E-state index in [-0.39, 0.29) is 5.56 Å². The van der Waals surface area contributed by atoms with Crippen molar-refractivity contribution in [3.63, 3.8) is 0 Å². The lowest BCUT2D eigenvalue weighted by Gasteiger charge is -2.52. The van der Waals surface area contributed by atoms with Gasteiger partial charge in [-0.2, -0.15) is 0 Å². The summed E-state index contributed by atoms with van der Waals surface area (Å²) in [4.78, 5) is 86.0. The van der Waals surface area contributed by atoms with Crippen LogP contribution in [0.15, 0.2) is 24.3 Å². The zero-order valence-corrected chi connectivity index (χ0v) is 29.8. The molecule has 1 aromatic carbocycles. The van der Waals surface area contributed by atoms with Crippen molar-refractivity contribution in [2.75, 3.05) is 20.3 Å². The highest BCUT2D eigenvalue weighted by molar-refractivity contribution is 5.74. The van der Waals surface area contributed by atoms with Crippen LogP contribution in [-0.4, -0.2) is 122 Å². The number of methoxy groups -OCH3 is 1. The van der Waals surface area contributed by atoms with Crippen molar-refractivity contribution < 1.29 is 86.0 Å². The van der Waals surface area contributed by atoms with Crippen LogP contribution < -0.4 is 10.1 Å². The Hall–Kier alpha value is -4.85. The van der Waals surface area contributed by atoms with Gasteiger partial charge in [-0.15, -0.1) is 0 Å². The minimum absolute atomic E-state index is 0.0442. The smallest absolute Gasteiger partial charge is 0.303 e. The van der Waals surface area contributed by atoms with Crippen molar-refractivity contribution in [2.24, 2.45) is 0 Å². The van der Waals surface area contributed by atoms with E-state index >= 15 is 0 Å². The topological polar surface area (TPSA) is 244 Å². The molecule has 19 nitrogen and oxygen atoms in total. The predicted molar refractivity (Wildman–Crippen MR) is 168 cm³/mol. The second-order valence-electron chi connectivity index (χ2n) is 11.8. The molecule has 288 valence electrons. The van der Waals surface area contributed by atoms with Crippen LogP contribution in [0.1, 0.15) is 54.0 Å². The Balaban J connectivity index is 2.24. The molecule has 19 heteroatoms. The van der Waals surface area contributed by atoms with E-state index < -0.39 is 116 Å². The summed E-state index contributed by atoms with van der Waals surface area (Å²) in [7, 11) is 1.42. The fourth-order valence-corrected chi connectivity index (χ4v) is 5.74. The van der Waals surface area contributed by atoms with Gasteiger partial charge in [-0.3, -0.25) is 33.6 Å². The molecule has 2 aliphatic rings. The lowest BCUT2D eigenvalue weighted by molar-refractivity contribution is -0.371.